The number of benzene rings is 1. The molecule has 130 valence electrons. The van der Waals surface area contributed by atoms with Crippen molar-refractivity contribution in [3.8, 4) is 0 Å². The summed E-state index contributed by atoms with van der Waals surface area (Å²) in [5.74, 6) is 0. The third-order valence-corrected chi connectivity index (χ3v) is 4.81. The van der Waals surface area contributed by atoms with E-state index < -0.39 is 0 Å². The second kappa shape index (κ2) is 9.82. The molecule has 0 aliphatic carbocycles. The molecular formula is C20H35N3. The van der Waals surface area contributed by atoms with Crippen molar-refractivity contribution in [3.05, 3.63) is 23.8 Å². The van der Waals surface area contributed by atoms with Crippen LogP contribution >= 0.6 is 0 Å². The predicted octanol–water partition coefficient (Wildman–Crippen LogP) is 4.31. The van der Waals surface area contributed by atoms with Gasteiger partial charge < -0.3 is 15.5 Å². The Balaban J connectivity index is 1.85. The van der Waals surface area contributed by atoms with Gasteiger partial charge >= 0.3 is 0 Å². The van der Waals surface area contributed by atoms with Crippen molar-refractivity contribution >= 4 is 11.4 Å². The SMILES string of the molecule is CCCN(CCC)CCCc1ccc(N2CCCCC2)c(N)c1. The van der Waals surface area contributed by atoms with Gasteiger partial charge in [-0.25, -0.2) is 0 Å². The van der Waals surface area contributed by atoms with Crippen LogP contribution in [0, 0.1) is 0 Å². The number of aryl methyl sites for hydroxylation is 1. The van der Waals surface area contributed by atoms with Crippen LogP contribution in [0.15, 0.2) is 18.2 Å². The molecule has 1 aliphatic heterocycles. The molecule has 1 heterocycles. The Kier molecular flexibility index (Phi) is 7.73. The van der Waals surface area contributed by atoms with Crippen LogP contribution in [0.2, 0.25) is 0 Å². The first-order chi connectivity index (χ1) is 11.2. The molecule has 0 radical (unpaired) electrons. The molecule has 1 aliphatic rings. The van der Waals surface area contributed by atoms with Gasteiger partial charge in [0.2, 0.25) is 0 Å². The predicted molar refractivity (Wildman–Crippen MR) is 102 cm³/mol. The van der Waals surface area contributed by atoms with Crippen molar-refractivity contribution in [2.24, 2.45) is 0 Å². The van der Waals surface area contributed by atoms with Crippen LogP contribution in [0.5, 0.6) is 0 Å². The monoisotopic (exact) mass is 317 g/mol. The summed E-state index contributed by atoms with van der Waals surface area (Å²) in [5.41, 5.74) is 9.92. The van der Waals surface area contributed by atoms with E-state index in [1.165, 1.54) is 69.4 Å². The zero-order valence-electron chi connectivity index (χ0n) is 15.2. The molecule has 3 nitrogen and oxygen atoms in total. The third kappa shape index (κ3) is 5.72. The van der Waals surface area contributed by atoms with Gasteiger partial charge in [0.15, 0.2) is 0 Å². The number of nitrogens with zero attached hydrogens (tertiary/aromatic N) is 2. The Morgan fingerprint density at radius 3 is 2.30 bits per heavy atom. The molecule has 0 amide bonds. The minimum Gasteiger partial charge on any atom is -0.397 e. The van der Waals surface area contributed by atoms with E-state index >= 15 is 0 Å². The molecule has 1 aromatic rings. The third-order valence-electron chi connectivity index (χ3n) is 4.81. The van der Waals surface area contributed by atoms with Gasteiger partial charge in [-0.1, -0.05) is 19.9 Å². The summed E-state index contributed by atoms with van der Waals surface area (Å²) in [4.78, 5) is 5.04. The van der Waals surface area contributed by atoms with Crippen molar-refractivity contribution in [3.63, 3.8) is 0 Å². The molecule has 2 N–H and O–H groups in total. The fourth-order valence-electron chi connectivity index (χ4n) is 3.66. The van der Waals surface area contributed by atoms with Gasteiger partial charge in [0.25, 0.3) is 0 Å². The molecule has 0 aromatic heterocycles. The van der Waals surface area contributed by atoms with Crippen molar-refractivity contribution in [2.75, 3.05) is 43.4 Å². The molecule has 1 saturated heterocycles. The molecule has 1 fully saturated rings. The standard InChI is InChI=1S/C20H35N3/c1-3-12-22(13-4-2)14-8-9-18-10-11-20(19(21)17-18)23-15-6-5-7-16-23/h10-11,17H,3-9,12-16,21H2,1-2H3. The lowest BCUT2D eigenvalue weighted by Crippen LogP contribution is -2.30. The van der Waals surface area contributed by atoms with E-state index in [0.717, 1.165) is 25.2 Å². The number of hydrogen-bond donors (Lipinski definition) is 1. The first-order valence-corrected chi connectivity index (χ1v) is 9.60. The molecular weight excluding hydrogens is 282 g/mol. The molecule has 0 spiro atoms. The average molecular weight is 318 g/mol. The number of rotatable bonds is 9. The highest BCUT2D eigenvalue weighted by molar-refractivity contribution is 5.68. The fraction of sp³-hybridized carbons (Fsp3) is 0.700. The Morgan fingerprint density at radius 1 is 1.00 bits per heavy atom. The molecule has 3 heteroatoms. The lowest BCUT2D eigenvalue weighted by molar-refractivity contribution is 0.271. The Hall–Kier alpha value is -1.22. The number of hydrogen-bond acceptors (Lipinski definition) is 3. The Morgan fingerprint density at radius 2 is 1.70 bits per heavy atom. The summed E-state index contributed by atoms with van der Waals surface area (Å²) < 4.78 is 0. The number of anilines is 2. The van der Waals surface area contributed by atoms with Crippen LogP contribution in [0.3, 0.4) is 0 Å². The molecule has 23 heavy (non-hydrogen) atoms. The number of nitrogens with two attached hydrogens (primary N) is 1. The van der Waals surface area contributed by atoms with E-state index in [1.807, 2.05) is 0 Å². The molecule has 0 bridgehead atoms. The second-order valence-corrected chi connectivity index (χ2v) is 6.89. The van der Waals surface area contributed by atoms with Gasteiger partial charge in [0.05, 0.1) is 11.4 Å². The Labute approximate surface area is 142 Å². The van der Waals surface area contributed by atoms with Crippen molar-refractivity contribution in [2.45, 2.75) is 58.8 Å². The van der Waals surface area contributed by atoms with Gasteiger partial charge in [-0.3, -0.25) is 0 Å². The van der Waals surface area contributed by atoms with Crippen molar-refractivity contribution < 1.29 is 0 Å². The normalized spacial score (nSPS) is 15.3. The maximum atomic E-state index is 6.33. The smallest absolute Gasteiger partial charge is 0.0600 e. The van der Waals surface area contributed by atoms with Crippen LogP contribution in [0.25, 0.3) is 0 Å². The average Bonchev–Trinajstić information content (AvgIpc) is 2.56. The maximum absolute atomic E-state index is 6.33. The second-order valence-electron chi connectivity index (χ2n) is 6.89. The highest BCUT2D eigenvalue weighted by atomic mass is 15.1. The van der Waals surface area contributed by atoms with Crippen molar-refractivity contribution in [1.82, 2.24) is 4.90 Å². The van der Waals surface area contributed by atoms with E-state index in [2.05, 4.69) is 41.8 Å². The van der Waals surface area contributed by atoms with E-state index in [9.17, 15) is 0 Å². The summed E-state index contributed by atoms with van der Waals surface area (Å²) in [7, 11) is 0. The minimum absolute atomic E-state index is 0.961. The summed E-state index contributed by atoms with van der Waals surface area (Å²) in [6, 6.07) is 6.73. The molecule has 0 unspecified atom stereocenters. The van der Waals surface area contributed by atoms with Crippen LogP contribution < -0.4 is 10.6 Å². The zero-order chi connectivity index (χ0) is 16.5. The quantitative estimate of drug-likeness (QED) is 0.689. The van der Waals surface area contributed by atoms with E-state index in [-0.39, 0.29) is 0 Å². The highest BCUT2D eigenvalue weighted by Gasteiger charge is 2.13. The number of piperidine rings is 1. The molecule has 0 saturated carbocycles. The summed E-state index contributed by atoms with van der Waals surface area (Å²) in [6.45, 7) is 10.5. The first-order valence-electron chi connectivity index (χ1n) is 9.60. The topological polar surface area (TPSA) is 32.5 Å². The van der Waals surface area contributed by atoms with E-state index in [4.69, 9.17) is 5.73 Å². The van der Waals surface area contributed by atoms with Crippen LogP contribution in [-0.2, 0) is 6.42 Å². The lowest BCUT2D eigenvalue weighted by atomic mass is 10.1. The summed E-state index contributed by atoms with van der Waals surface area (Å²) in [6.07, 6.45) is 8.81. The van der Waals surface area contributed by atoms with Gasteiger partial charge in [0.1, 0.15) is 0 Å². The van der Waals surface area contributed by atoms with E-state index in [1.54, 1.807) is 0 Å². The summed E-state index contributed by atoms with van der Waals surface area (Å²) in [5, 5.41) is 0. The largest absolute Gasteiger partial charge is 0.397 e. The lowest BCUT2D eigenvalue weighted by Gasteiger charge is -2.30. The van der Waals surface area contributed by atoms with Crippen LogP contribution in [-0.4, -0.2) is 37.6 Å². The first kappa shape index (κ1) is 18.1. The molecule has 1 aromatic carbocycles. The van der Waals surface area contributed by atoms with Gasteiger partial charge in [0, 0.05) is 13.1 Å². The van der Waals surface area contributed by atoms with E-state index in [0.29, 0.717) is 0 Å². The molecule has 2 rings (SSSR count). The van der Waals surface area contributed by atoms with Gasteiger partial charge in [-0.15, -0.1) is 0 Å². The number of nitrogen functional groups attached to an aromatic ring is 1. The van der Waals surface area contributed by atoms with Crippen LogP contribution in [0.4, 0.5) is 11.4 Å². The highest BCUT2D eigenvalue weighted by Crippen LogP contribution is 2.27. The minimum atomic E-state index is 0.961. The fourth-order valence-corrected chi connectivity index (χ4v) is 3.66. The zero-order valence-corrected chi connectivity index (χ0v) is 15.2. The Bertz CT molecular complexity index is 446. The van der Waals surface area contributed by atoms with Gasteiger partial charge in [-0.2, -0.15) is 0 Å². The van der Waals surface area contributed by atoms with Crippen LogP contribution in [0.1, 0.15) is 57.9 Å². The summed E-state index contributed by atoms with van der Waals surface area (Å²) >= 11 is 0. The van der Waals surface area contributed by atoms with Gasteiger partial charge in [-0.05, 0) is 82.3 Å². The maximum Gasteiger partial charge on any atom is 0.0600 e. The molecule has 0 atom stereocenters. The van der Waals surface area contributed by atoms with Crippen molar-refractivity contribution in [1.29, 1.82) is 0 Å².